The maximum absolute atomic E-state index is 12.2. The van der Waals surface area contributed by atoms with Crippen molar-refractivity contribution < 1.29 is 4.79 Å². The lowest BCUT2D eigenvalue weighted by Crippen LogP contribution is -2.23. The Kier molecular flexibility index (Phi) is 3.38. The molecule has 0 saturated heterocycles. The first kappa shape index (κ1) is 13.7. The van der Waals surface area contributed by atoms with Crippen molar-refractivity contribution in [1.82, 2.24) is 30.0 Å². The number of H-pyrrole nitrogens is 1. The Balaban J connectivity index is 1.42. The number of fused-ring (bicyclic) bond motifs is 1. The summed E-state index contributed by atoms with van der Waals surface area (Å²) in [6.07, 6.45) is 9.98. The lowest BCUT2D eigenvalue weighted by atomic mass is 10.2. The van der Waals surface area contributed by atoms with E-state index in [0.717, 1.165) is 30.8 Å². The Morgan fingerprint density at radius 1 is 1.35 bits per heavy atom. The van der Waals surface area contributed by atoms with Gasteiger partial charge in [0.05, 0.1) is 17.8 Å². The van der Waals surface area contributed by atoms with Crippen LogP contribution in [0.25, 0.3) is 5.82 Å². The summed E-state index contributed by atoms with van der Waals surface area (Å²) in [6.45, 7) is 0.438. The van der Waals surface area contributed by atoms with Crippen LogP contribution in [0.5, 0.6) is 0 Å². The van der Waals surface area contributed by atoms with Gasteiger partial charge in [-0.05, 0) is 37.0 Å². The zero-order chi connectivity index (χ0) is 15.6. The van der Waals surface area contributed by atoms with Gasteiger partial charge < -0.3 is 5.32 Å². The quantitative estimate of drug-likeness (QED) is 0.762. The minimum atomic E-state index is -0.149. The van der Waals surface area contributed by atoms with Gasteiger partial charge in [-0.2, -0.15) is 5.10 Å². The Bertz CT molecular complexity index is 819. The van der Waals surface area contributed by atoms with Crippen LogP contribution < -0.4 is 5.32 Å². The number of aromatic nitrogens is 5. The summed E-state index contributed by atoms with van der Waals surface area (Å²) in [6, 6.07) is 3.55. The van der Waals surface area contributed by atoms with E-state index >= 15 is 0 Å². The van der Waals surface area contributed by atoms with E-state index in [4.69, 9.17) is 0 Å². The van der Waals surface area contributed by atoms with E-state index in [0.29, 0.717) is 12.1 Å². The molecule has 2 N–H and O–H groups in total. The number of aromatic amines is 1. The summed E-state index contributed by atoms with van der Waals surface area (Å²) in [7, 11) is 0. The molecule has 1 aliphatic rings. The number of nitrogens with one attached hydrogen (secondary N) is 2. The second-order valence-corrected chi connectivity index (χ2v) is 5.54. The molecule has 4 rings (SSSR count). The molecule has 0 spiro atoms. The zero-order valence-corrected chi connectivity index (χ0v) is 12.5. The summed E-state index contributed by atoms with van der Waals surface area (Å²) in [4.78, 5) is 20.5. The van der Waals surface area contributed by atoms with Crippen LogP contribution in [0.1, 0.15) is 33.7 Å². The number of rotatable bonds is 4. The van der Waals surface area contributed by atoms with Gasteiger partial charge in [0.25, 0.3) is 5.91 Å². The number of amides is 1. The number of hydrogen-bond acceptors (Lipinski definition) is 4. The van der Waals surface area contributed by atoms with Gasteiger partial charge in [0.1, 0.15) is 12.1 Å². The number of carbonyl (C=O) groups is 1. The predicted octanol–water partition coefficient (Wildman–Crippen LogP) is 1.41. The highest BCUT2D eigenvalue weighted by Gasteiger charge is 2.18. The molecule has 7 heteroatoms. The molecule has 0 unspecified atom stereocenters. The maximum atomic E-state index is 12.2. The van der Waals surface area contributed by atoms with Crippen molar-refractivity contribution in [3.8, 4) is 5.82 Å². The van der Waals surface area contributed by atoms with Crippen molar-refractivity contribution in [2.24, 2.45) is 0 Å². The molecule has 116 valence electrons. The van der Waals surface area contributed by atoms with Crippen molar-refractivity contribution in [2.45, 2.75) is 25.8 Å². The van der Waals surface area contributed by atoms with Crippen molar-refractivity contribution in [3.05, 3.63) is 59.6 Å². The third kappa shape index (κ3) is 2.61. The van der Waals surface area contributed by atoms with Crippen molar-refractivity contribution in [3.63, 3.8) is 0 Å². The van der Waals surface area contributed by atoms with Crippen LogP contribution in [-0.2, 0) is 19.4 Å². The van der Waals surface area contributed by atoms with E-state index in [9.17, 15) is 4.79 Å². The molecule has 0 radical (unpaired) electrons. The molecule has 23 heavy (non-hydrogen) atoms. The highest BCUT2D eigenvalue weighted by molar-refractivity contribution is 5.93. The van der Waals surface area contributed by atoms with Crippen molar-refractivity contribution in [2.75, 3.05) is 0 Å². The molecular formula is C16H16N6O. The van der Waals surface area contributed by atoms with Gasteiger partial charge in [0, 0.05) is 24.3 Å². The number of aryl methyl sites for hydroxylation is 1. The van der Waals surface area contributed by atoms with E-state index < -0.39 is 0 Å². The molecule has 0 aromatic carbocycles. The number of imidazole rings is 1. The van der Waals surface area contributed by atoms with Crippen LogP contribution in [0.2, 0.25) is 0 Å². The number of carbonyl (C=O) groups excluding carboxylic acids is 1. The van der Waals surface area contributed by atoms with Gasteiger partial charge in [0.2, 0.25) is 0 Å². The first-order valence-corrected chi connectivity index (χ1v) is 7.59. The molecule has 0 saturated carbocycles. The topological polar surface area (TPSA) is 88.5 Å². The molecule has 7 nitrogen and oxygen atoms in total. The molecule has 3 aromatic rings. The zero-order valence-electron chi connectivity index (χ0n) is 12.5. The van der Waals surface area contributed by atoms with Crippen LogP contribution >= 0.6 is 0 Å². The van der Waals surface area contributed by atoms with Crippen LogP contribution in [0, 0.1) is 0 Å². The summed E-state index contributed by atoms with van der Waals surface area (Å²) in [5, 5.41) is 10.2. The van der Waals surface area contributed by atoms with E-state index in [1.165, 1.54) is 11.3 Å². The van der Waals surface area contributed by atoms with E-state index in [1.807, 2.05) is 0 Å². The van der Waals surface area contributed by atoms with Crippen LogP contribution in [0.3, 0.4) is 0 Å². The Labute approximate surface area is 132 Å². The lowest BCUT2D eigenvalue weighted by molar-refractivity contribution is 0.0950. The molecule has 3 heterocycles. The predicted molar refractivity (Wildman–Crippen MR) is 83.1 cm³/mol. The smallest absolute Gasteiger partial charge is 0.253 e. The lowest BCUT2D eigenvalue weighted by Gasteiger charge is -2.06. The first-order valence-electron chi connectivity index (χ1n) is 7.59. The van der Waals surface area contributed by atoms with Crippen LogP contribution in [0.4, 0.5) is 0 Å². The molecule has 0 atom stereocenters. The largest absolute Gasteiger partial charge is 0.346 e. The second-order valence-electron chi connectivity index (χ2n) is 5.54. The molecule has 3 aromatic heterocycles. The Morgan fingerprint density at radius 2 is 2.30 bits per heavy atom. The summed E-state index contributed by atoms with van der Waals surface area (Å²) in [5.41, 5.74) is 3.94. The summed E-state index contributed by atoms with van der Waals surface area (Å²) in [5.74, 6) is 0.577. The summed E-state index contributed by atoms with van der Waals surface area (Å²) < 4.78 is 1.79. The van der Waals surface area contributed by atoms with Gasteiger partial charge in [-0.1, -0.05) is 0 Å². The standard InChI is InChI=1S/C16H16N6O/c23-16(19-9-14-12-2-1-3-13(12)20-21-14)11-4-5-15(18-8-11)22-7-6-17-10-22/h4-8,10H,1-3,9H2,(H,19,23)(H,20,21). The maximum Gasteiger partial charge on any atom is 0.253 e. The highest BCUT2D eigenvalue weighted by Crippen LogP contribution is 2.22. The van der Waals surface area contributed by atoms with E-state index in [1.54, 1.807) is 41.6 Å². The Hall–Kier alpha value is -2.96. The molecule has 1 amide bonds. The highest BCUT2D eigenvalue weighted by atomic mass is 16.1. The molecule has 0 bridgehead atoms. The van der Waals surface area contributed by atoms with Gasteiger partial charge in [0.15, 0.2) is 0 Å². The number of pyridine rings is 1. The van der Waals surface area contributed by atoms with Crippen LogP contribution in [-0.4, -0.2) is 30.6 Å². The average molecular weight is 308 g/mol. The number of hydrogen-bond donors (Lipinski definition) is 2. The van der Waals surface area contributed by atoms with Gasteiger partial charge in [-0.25, -0.2) is 9.97 Å². The normalized spacial score (nSPS) is 13.0. The van der Waals surface area contributed by atoms with Crippen molar-refractivity contribution in [1.29, 1.82) is 0 Å². The van der Waals surface area contributed by atoms with Gasteiger partial charge >= 0.3 is 0 Å². The van der Waals surface area contributed by atoms with Crippen molar-refractivity contribution >= 4 is 5.91 Å². The molecular weight excluding hydrogens is 292 g/mol. The summed E-state index contributed by atoms with van der Waals surface area (Å²) >= 11 is 0. The van der Waals surface area contributed by atoms with E-state index in [-0.39, 0.29) is 5.91 Å². The van der Waals surface area contributed by atoms with Crippen LogP contribution in [0.15, 0.2) is 37.1 Å². The molecule has 1 aliphatic carbocycles. The fourth-order valence-corrected chi connectivity index (χ4v) is 2.87. The SMILES string of the molecule is O=C(NCc1n[nH]c2c1CCC2)c1ccc(-n2ccnc2)nc1. The Morgan fingerprint density at radius 3 is 3.09 bits per heavy atom. The average Bonchev–Trinajstić information content (AvgIpc) is 3.31. The number of nitrogens with zero attached hydrogens (tertiary/aromatic N) is 4. The fourth-order valence-electron chi connectivity index (χ4n) is 2.87. The molecule has 0 fully saturated rings. The molecule has 0 aliphatic heterocycles. The minimum Gasteiger partial charge on any atom is -0.346 e. The first-order chi connectivity index (χ1) is 11.3. The second kappa shape index (κ2) is 5.68. The third-order valence-electron chi connectivity index (χ3n) is 4.09. The fraction of sp³-hybridized carbons (Fsp3) is 0.250. The van der Waals surface area contributed by atoms with Gasteiger partial charge in [-0.3, -0.25) is 14.5 Å². The minimum absolute atomic E-state index is 0.149. The van der Waals surface area contributed by atoms with Gasteiger partial charge in [-0.15, -0.1) is 0 Å². The monoisotopic (exact) mass is 308 g/mol. The van der Waals surface area contributed by atoms with E-state index in [2.05, 4.69) is 25.5 Å². The third-order valence-corrected chi connectivity index (χ3v) is 4.09.